The van der Waals surface area contributed by atoms with Crippen LogP contribution in [0.3, 0.4) is 0 Å². The van der Waals surface area contributed by atoms with Crippen LogP contribution in [0, 0.1) is 0 Å². The van der Waals surface area contributed by atoms with Gasteiger partial charge in [-0.2, -0.15) is 0 Å². The molecule has 0 saturated heterocycles. The Morgan fingerprint density at radius 2 is 1.63 bits per heavy atom. The van der Waals surface area contributed by atoms with Crippen LogP contribution in [0.1, 0.15) is 54.6 Å². The second-order valence-corrected chi connectivity index (χ2v) is 6.57. The van der Waals surface area contributed by atoms with Crippen LogP contribution < -0.4 is 0 Å². The number of hydrogen-bond acceptors (Lipinski definition) is 3. The summed E-state index contributed by atoms with van der Waals surface area (Å²) in [4.78, 5) is 26.5. The summed E-state index contributed by atoms with van der Waals surface area (Å²) < 4.78 is 5.00. The van der Waals surface area contributed by atoms with E-state index in [4.69, 9.17) is 4.74 Å². The van der Waals surface area contributed by atoms with Crippen molar-refractivity contribution in [3.05, 3.63) is 71.3 Å². The van der Waals surface area contributed by atoms with Crippen LogP contribution in [0.4, 0.5) is 0 Å². The Morgan fingerprint density at radius 1 is 0.926 bits per heavy atom. The van der Waals surface area contributed by atoms with Crippen molar-refractivity contribution in [2.75, 3.05) is 13.2 Å². The molecule has 27 heavy (non-hydrogen) atoms. The fourth-order valence-electron chi connectivity index (χ4n) is 2.89. The van der Waals surface area contributed by atoms with Crippen molar-refractivity contribution < 1.29 is 14.3 Å². The smallest absolute Gasteiger partial charge is 0.307 e. The van der Waals surface area contributed by atoms with Gasteiger partial charge >= 0.3 is 5.97 Å². The van der Waals surface area contributed by atoms with Gasteiger partial charge in [-0.25, -0.2) is 0 Å². The first kappa shape index (κ1) is 20.7. The van der Waals surface area contributed by atoms with Gasteiger partial charge in [0.05, 0.1) is 13.0 Å². The summed E-state index contributed by atoms with van der Waals surface area (Å²) in [7, 11) is 0. The van der Waals surface area contributed by atoms with Gasteiger partial charge in [-0.15, -0.1) is 0 Å². The Bertz CT molecular complexity index is 710. The number of hydrogen-bond donors (Lipinski definition) is 0. The molecule has 0 fully saturated rings. The number of aryl methyl sites for hydroxylation is 1. The van der Waals surface area contributed by atoms with Gasteiger partial charge in [-0.3, -0.25) is 9.59 Å². The number of ether oxygens (including phenoxy) is 1. The van der Waals surface area contributed by atoms with E-state index >= 15 is 0 Å². The Labute approximate surface area is 162 Å². The predicted molar refractivity (Wildman–Crippen MR) is 107 cm³/mol. The first-order valence-electron chi connectivity index (χ1n) is 9.71. The lowest BCUT2D eigenvalue weighted by molar-refractivity contribution is -0.143. The largest absolute Gasteiger partial charge is 0.466 e. The fraction of sp³-hybridized carbons (Fsp3) is 0.391. The van der Waals surface area contributed by atoms with Gasteiger partial charge in [0.1, 0.15) is 0 Å². The summed E-state index contributed by atoms with van der Waals surface area (Å²) >= 11 is 0. The van der Waals surface area contributed by atoms with E-state index in [1.54, 1.807) is 11.8 Å². The molecule has 4 nitrogen and oxygen atoms in total. The highest BCUT2D eigenvalue weighted by Gasteiger charge is 2.18. The molecule has 0 radical (unpaired) electrons. The van der Waals surface area contributed by atoms with E-state index in [0.717, 1.165) is 24.8 Å². The first-order chi connectivity index (χ1) is 13.1. The summed E-state index contributed by atoms with van der Waals surface area (Å²) in [6.07, 6.45) is 3.52. The van der Waals surface area contributed by atoms with Crippen molar-refractivity contribution in [3.8, 4) is 0 Å². The maximum absolute atomic E-state index is 13.0. The fourth-order valence-corrected chi connectivity index (χ4v) is 2.89. The molecule has 1 amide bonds. The van der Waals surface area contributed by atoms with Crippen LogP contribution in [-0.2, 0) is 22.5 Å². The standard InChI is InChI=1S/C23H29NO3/c1-3-5-9-19-12-14-21(15-13-19)23(26)24(17-16-22(25)27-4-2)18-20-10-7-6-8-11-20/h6-8,10-15H,3-5,9,16-18H2,1-2H3. The number of esters is 1. The number of carbonyl (C=O) groups is 2. The molecule has 144 valence electrons. The summed E-state index contributed by atoms with van der Waals surface area (Å²) in [5.74, 6) is -0.344. The zero-order valence-electron chi connectivity index (χ0n) is 16.3. The molecule has 2 aromatic rings. The van der Waals surface area contributed by atoms with Crippen LogP contribution in [0.25, 0.3) is 0 Å². The highest BCUT2D eigenvalue weighted by atomic mass is 16.5. The molecule has 0 saturated carbocycles. The maximum atomic E-state index is 13.0. The van der Waals surface area contributed by atoms with E-state index in [1.165, 1.54) is 5.56 Å². The third-order valence-corrected chi connectivity index (χ3v) is 4.41. The molecule has 4 heteroatoms. The molecule has 0 aliphatic carbocycles. The van der Waals surface area contributed by atoms with Gasteiger partial charge in [0.25, 0.3) is 5.91 Å². The lowest BCUT2D eigenvalue weighted by Gasteiger charge is -2.23. The Kier molecular flexibility index (Phi) is 8.56. The molecular formula is C23H29NO3. The molecule has 0 aromatic heterocycles. The molecule has 0 aliphatic heterocycles. The monoisotopic (exact) mass is 367 g/mol. The van der Waals surface area contributed by atoms with Crippen LogP contribution in [0.2, 0.25) is 0 Å². The number of carbonyl (C=O) groups excluding carboxylic acids is 2. The number of nitrogens with zero attached hydrogens (tertiary/aromatic N) is 1. The average molecular weight is 367 g/mol. The molecule has 0 bridgehead atoms. The SMILES string of the molecule is CCCCc1ccc(C(=O)N(CCC(=O)OCC)Cc2ccccc2)cc1. The molecule has 2 rings (SSSR count). The average Bonchev–Trinajstić information content (AvgIpc) is 2.70. The van der Waals surface area contributed by atoms with Crippen molar-refractivity contribution in [2.45, 2.75) is 46.1 Å². The lowest BCUT2D eigenvalue weighted by Crippen LogP contribution is -2.33. The zero-order chi connectivity index (χ0) is 19.5. The van der Waals surface area contributed by atoms with Gasteiger partial charge < -0.3 is 9.64 Å². The summed E-state index contributed by atoms with van der Waals surface area (Å²) in [6, 6.07) is 17.6. The van der Waals surface area contributed by atoms with E-state index < -0.39 is 0 Å². The van der Waals surface area contributed by atoms with E-state index in [1.807, 2.05) is 54.6 Å². The normalized spacial score (nSPS) is 10.4. The zero-order valence-corrected chi connectivity index (χ0v) is 16.3. The quantitative estimate of drug-likeness (QED) is 0.576. The van der Waals surface area contributed by atoms with E-state index in [0.29, 0.717) is 25.3 Å². The van der Waals surface area contributed by atoms with Crippen LogP contribution in [0.5, 0.6) is 0 Å². The van der Waals surface area contributed by atoms with Gasteiger partial charge in [0, 0.05) is 18.7 Å². The molecule has 2 aromatic carbocycles. The third kappa shape index (κ3) is 6.89. The van der Waals surface area contributed by atoms with E-state index in [9.17, 15) is 9.59 Å². The molecule has 0 spiro atoms. The third-order valence-electron chi connectivity index (χ3n) is 4.41. The molecule has 0 aliphatic rings. The van der Waals surface area contributed by atoms with E-state index in [-0.39, 0.29) is 18.3 Å². The highest BCUT2D eigenvalue weighted by molar-refractivity contribution is 5.94. The number of unbranched alkanes of at least 4 members (excludes halogenated alkanes) is 1. The van der Waals surface area contributed by atoms with E-state index in [2.05, 4.69) is 6.92 Å². The molecular weight excluding hydrogens is 338 g/mol. The molecule has 0 heterocycles. The van der Waals surface area contributed by atoms with Crippen LogP contribution in [-0.4, -0.2) is 29.9 Å². The van der Waals surface area contributed by atoms with Gasteiger partial charge in [-0.1, -0.05) is 55.8 Å². The van der Waals surface area contributed by atoms with Crippen molar-refractivity contribution in [1.82, 2.24) is 4.90 Å². The number of rotatable bonds is 10. The first-order valence-corrected chi connectivity index (χ1v) is 9.71. The topological polar surface area (TPSA) is 46.6 Å². The summed E-state index contributed by atoms with van der Waals surface area (Å²) in [5.41, 5.74) is 2.93. The minimum atomic E-state index is -0.279. The van der Waals surface area contributed by atoms with Gasteiger partial charge in [0.2, 0.25) is 0 Å². The second-order valence-electron chi connectivity index (χ2n) is 6.57. The van der Waals surface area contributed by atoms with Crippen LogP contribution >= 0.6 is 0 Å². The molecule has 0 unspecified atom stereocenters. The highest BCUT2D eigenvalue weighted by Crippen LogP contribution is 2.13. The van der Waals surface area contributed by atoms with Gasteiger partial charge in [0.15, 0.2) is 0 Å². The predicted octanol–water partition coefficient (Wildman–Crippen LogP) is 4.62. The summed E-state index contributed by atoms with van der Waals surface area (Å²) in [6.45, 7) is 5.11. The second kappa shape index (κ2) is 11.2. The van der Waals surface area contributed by atoms with Gasteiger partial charge in [-0.05, 0) is 43.0 Å². The molecule has 0 atom stereocenters. The molecule has 0 N–H and O–H groups in total. The summed E-state index contributed by atoms with van der Waals surface area (Å²) in [5, 5.41) is 0. The van der Waals surface area contributed by atoms with Crippen LogP contribution in [0.15, 0.2) is 54.6 Å². The van der Waals surface area contributed by atoms with Crippen molar-refractivity contribution in [2.24, 2.45) is 0 Å². The maximum Gasteiger partial charge on any atom is 0.307 e. The lowest BCUT2D eigenvalue weighted by atomic mass is 10.1. The minimum Gasteiger partial charge on any atom is -0.466 e. The Hall–Kier alpha value is -2.62. The Balaban J connectivity index is 2.10. The number of amides is 1. The Morgan fingerprint density at radius 3 is 2.26 bits per heavy atom. The number of benzene rings is 2. The minimum absolute atomic E-state index is 0.0646. The van der Waals surface area contributed by atoms with Crippen molar-refractivity contribution in [1.29, 1.82) is 0 Å². The van der Waals surface area contributed by atoms with Crippen molar-refractivity contribution >= 4 is 11.9 Å². The van der Waals surface area contributed by atoms with Crippen molar-refractivity contribution in [3.63, 3.8) is 0 Å².